The molecule has 4 rings (SSSR count). The number of nitrogens with zero attached hydrogens (tertiary/aromatic N) is 2. The fourth-order valence-electron chi connectivity index (χ4n) is 3.06. The molecule has 0 unspecified atom stereocenters. The maximum Gasteiger partial charge on any atom is 0.230 e. The smallest absolute Gasteiger partial charge is 0.230 e. The fourth-order valence-corrected chi connectivity index (χ4v) is 3.06. The molecular formula is C23H20N2O3. The summed E-state index contributed by atoms with van der Waals surface area (Å²) in [7, 11) is 1.76. The van der Waals surface area contributed by atoms with Gasteiger partial charge in [-0.15, -0.1) is 0 Å². The van der Waals surface area contributed by atoms with Crippen LogP contribution in [0.1, 0.15) is 18.4 Å². The Morgan fingerprint density at radius 2 is 2.14 bits per heavy atom. The van der Waals surface area contributed by atoms with Gasteiger partial charge in [0.1, 0.15) is 11.5 Å². The first-order valence-corrected chi connectivity index (χ1v) is 9.20. The monoisotopic (exact) mass is 372 g/mol. The van der Waals surface area contributed by atoms with Gasteiger partial charge in [-0.2, -0.15) is 0 Å². The summed E-state index contributed by atoms with van der Waals surface area (Å²) in [6.45, 7) is 0.911. The first-order valence-electron chi connectivity index (χ1n) is 9.20. The van der Waals surface area contributed by atoms with E-state index in [0.717, 1.165) is 27.9 Å². The van der Waals surface area contributed by atoms with E-state index >= 15 is 0 Å². The van der Waals surface area contributed by atoms with Crippen LogP contribution in [0, 0.1) is 11.8 Å². The number of hydrogen-bond donors (Lipinski definition) is 0. The second-order valence-electron chi connectivity index (χ2n) is 6.49. The lowest BCUT2D eigenvalue weighted by molar-refractivity contribution is -0.118. The van der Waals surface area contributed by atoms with Crippen LogP contribution in [0.25, 0.3) is 10.9 Å². The van der Waals surface area contributed by atoms with Gasteiger partial charge in [0.2, 0.25) is 5.91 Å². The van der Waals surface area contributed by atoms with Gasteiger partial charge in [0.05, 0.1) is 30.8 Å². The van der Waals surface area contributed by atoms with Crippen molar-refractivity contribution in [1.29, 1.82) is 0 Å². The predicted molar refractivity (Wildman–Crippen MR) is 109 cm³/mol. The molecule has 0 spiro atoms. The summed E-state index contributed by atoms with van der Waals surface area (Å²) >= 11 is 0. The van der Waals surface area contributed by atoms with Gasteiger partial charge in [0.15, 0.2) is 0 Å². The zero-order chi connectivity index (χ0) is 19.3. The van der Waals surface area contributed by atoms with E-state index < -0.39 is 0 Å². The zero-order valence-electron chi connectivity index (χ0n) is 15.6. The molecule has 0 saturated carbocycles. The summed E-state index contributed by atoms with van der Waals surface area (Å²) in [6.07, 6.45) is 2.77. The summed E-state index contributed by atoms with van der Waals surface area (Å²) < 4.78 is 11.4. The van der Waals surface area contributed by atoms with Crippen LogP contribution in [0.3, 0.4) is 0 Å². The first kappa shape index (κ1) is 17.9. The zero-order valence-corrected chi connectivity index (χ0v) is 15.6. The van der Waals surface area contributed by atoms with Crippen LogP contribution in [-0.4, -0.2) is 31.2 Å². The molecule has 0 aliphatic carbocycles. The van der Waals surface area contributed by atoms with E-state index in [9.17, 15) is 4.79 Å². The van der Waals surface area contributed by atoms with E-state index in [2.05, 4.69) is 16.8 Å². The number of carbonyl (C=O) groups excluding carboxylic acids is 1. The Kier molecular flexibility index (Phi) is 5.11. The average molecular weight is 372 g/mol. The van der Waals surface area contributed by atoms with Gasteiger partial charge in [-0.25, -0.2) is 0 Å². The van der Waals surface area contributed by atoms with Crippen molar-refractivity contribution in [2.45, 2.75) is 12.8 Å². The van der Waals surface area contributed by atoms with E-state index in [1.807, 2.05) is 48.5 Å². The summed E-state index contributed by atoms with van der Waals surface area (Å²) in [6, 6.07) is 15.4. The second-order valence-corrected chi connectivity index (χ2v) is 6.49. The van der Waals surface area contributed by atoms with Crippen LogP contribution in [-0.2, 0) is 4.79 Å². The third-order valence-corrected chi connectivity index (χ3v) is 4.57. The lowest BCUT2D eigenvalue weighted by atomic mass is 10.1. The van der Waals surface area contributed by atoms with Gasteiger partial charge in [-0.3, -0.25) is 9.78 Å². The van der Waals surface area contributed by atoms with Crippen molar-refractivity contribution < 1.29 is 14.3 Å². The molecule has 1 aromatic heterocycles. The number of ether oxygens (including phenoxy) is 2. The standard InChI is InChI=1S/C23H20N2O3/c1-25-21-15-17(7-10-22(21)28-14-11-23(25)26)5-2-3-13-27-19-8-9-20-18(16-19)6-4-12-24-20/h4,6-10,12,15-16H,3,11,13-14H2,1H3. The molecule has 1 aliphatic heterocycles. The second kappa shape index (κ2) is 8.01. The molecule has 140 valence electrons. The van der Waals surface area contributed by atoms with Crippen molar-refractivity contribution in [2.75, 3.05) is 25.2 Å². The summed E-state index contributed by atoms with van der Waals surface area (Å²) in [5.41, 5.74) is 2.56. The van der Waals surface area contributed by atoms with E-state index in [1.165, 1.54) is 0 Å². The number of benzene rings is 2. The van der Waals surface area contributed by atoms with Gasteiger partial charge in [-0.05, 0) is 42.5 Å². The molecule has 0 N–H and O–H groups in total. The fraction of sp³-hybridized carbons (Fsp3) is 0.217. The number of amides is 1. The SMILES string of the molecule is CN1C(=O)CCOc2ccc(C#CCCOc3ccc4ncccc4c3)cc21. The molecule has 1 aliphatic rings. The first-order chi connectivity index (χ1) is 13.7. The third-order valence-electron chi connectivity index (χ3n) is 4.57. The summed E-state index contributed by atoms with van der Waals surface area (Å²) in [5.74, 6) is 7.83. The van der Waals surface area contributed by atoms with Crippen LogP contribution >= 0.6 is 0 Å². The highest BCUT2D eigenvalue weighted by atomic mass is 16.5. The van der Waals surface area contributed by atoms with Crippen molar-refractivity contribution in [3.8, 4) is 23.3 Å². The van der Waals surface area contributed by atoms with Crippen molar-refractivity contribution >= 4 is 22.5 Å². The molecular weight excluding hydrogens is 352 g/mol. The van der Waals surface area contributed by atoms with Crippen molar-refractivity contribution in [1.82, 2.24) is 4.98 Å². The lowest BCUT2D eigenvalue weighted by Crippen LogP contribution is -2.25. The van der Waals surface area contributed by atoms with Crippen molar-refractivity contribution in [3.63, 3.8) is 0 Å². The van der Waals surface area contributed by atoms with Crippen LogP contribution in [0.15, 0.2) is 54.7 Å². The van der Waals surface area contributed by atoms with Crippen LogP contribution in [0.5, 0.6) is 11.5 Å². The van der Waals surface area contributed by atoms with Gasteiger partial charge in [-0.1, -0.05) is 17.9 Å². The van der Waals surface area contributed by atoms with Gasteiger partial charge < -0.3 is 14.4 Å². The molecule has 1 amide bonds. The molecule has 5 nitrogen and oxygen atoms in total. The highest BCUT2D eigenvalue weighted by molar-refractivity contribution is 5.95. The molecule has 3 aromatic rings. The van der Waals surface area contributed by atoms with E-state index in [0.29, 0.717) is 31.8 Å². The van der Waals surface area contributed by atoms with Crippen LogP contribution < -0.4 is 14.4 Å². The number of anilines is 1. The number of hydrogen-bond acceptors (Lipinski definition) is 4. The minimum atomic E-state index is 0.0443. The van der Waals surface area contributed by atoms with Gasteiger partial charge in [0, 0.05) is 30.6 Å². The third kappa shape index (κ3) is 3.91. The number of rotatable bonds is 3. The molecule has 0 atom stereocenters. The highest BCUT2D eigenvalue weighted by Crippen LogP contribution is 2.31. The molecule has 28 heavy (non-hydrogen) atoms. The number of aromatic nitrogens is 1. The minimum Gasteiger partial charge on any atom is -0.493 e. The van der Waals surface area contributed by atoms with Crippen LogP contribution in [0.2, 0.25) is 0 Å². The van der Waals surface area contributed by atoms with Crippen molar-refractivity contribution in [3.05, 3.63) is 60.3 Å². The van der Waals surface area contributed by atoms with Gasteiger partial charge >= 0.3 is 0 Å². The maximum absolute atomic E-state index is 12.0. The quantitative estimate of drug-likeness (QED) is 0.518. The Bertz CT molecular complexity index is 1080. The summed E-state index contributed by atoms with van der Waals surface area (Å²) in [5, 5.41) is 1.05. The normalized spacial score (nSPS) is 13.2. The molecule has 0 fully saturated rings. The van der Waals surface area contributed by atoms with Crippen molar-refractivity contribution in [2.24, 2.45) is 0 Å². The number of carbonyl (C=O) groups is 1. The van der Waals surface area contributed by atoms with E-state index in [-0.39, 0.29) is 5.91 Å². The highest BCUT2D eigenvalue weighted by Gasteiger charge is 2.19. The van der Waals surface area contributed by atoms with E-state index in [4.69, 9.17) is 9.47 Å². The maximum atomic E-state index is 12.0. The molecule has 2 heterocycles. The Hall–Kier alpha value is -3.52. The Morgan fingerprint density at radius 3 is 3.07 bits per heavy atom. The Balaban J connectivity index is 1.38. The lowest BCUT2D eigenvalue weighted by Gasteiger charge is -2.16. The average Bonchev–Trinajstić information content (AvgIpc) is 2.86. The van der Waals surface area contributed by atoms with E-state index in [1.54, 1.807) is 18.1 Å². The minimum absolute atomic E-state index is 0.0443. The number of fused-ring (bicyclic) bond motifs is 2. The summed E-state index contributed by atoms with van der Waals surface area (Å²) in [4.78, 5) is 17.9. The largest absolute Gasteiger partial charge is 0.493 e. The van der Waals surface area contributed by atoms with Crippen LogP contribution in [0.4, 0.5) is 5.69 Å². The predicted octanol–water partition coefficient (Wildman–Crippen LogP) is 3.80. The topological polar surface area (TPSA) is 51.7 Å². The molecule has 0 bridgehead atoms. The molecule has 0 saturated heterocycles. The molecule has 0 radical (unpaired) electrons. The Labute approximate surface area is 163 Å². The molecule has 2 aromatic carbocycles. The molecule has 5 heteroatoms. The number of pyridine rings is 1. The van der Waals surface area contributed by atoms with Gasteiger partial charge in [0.25, 0.3) is 0 Å². The Morgan fingerprint density at radius 1 is 1.21 bits per heavy atom.